The van der Waals surface area contributed by atoms with E-state index in [1.54, 1.807) is 0 Å². The first-order chi connectivity index (χ1) is 3.31. The highest BCUT2D eigenvalue weighted by molar-refractivity contribution is 7.09. The van der Waals surface area contributed by atoms with Gasteiger partial charge in [0.15, 0.2) is 0 Å². The summed E-state index contributed by atoms with van der Waals surface area (Å²) in [6.07, 6.45) is 0. The molecule has 0 spiro atoms. The van der Waals surface area contributed by atoms with Gasteiger partial charge in [-0.15, -0.1) is 0 Å². The van der Waals surface area contributed by atoms with Crippen molar-refractivity contribution in [1.29, 1.82) is 0 Å². The van der Waals surface area contributed by atoms with Crippen LogP contribution >= 0.6 is 9.47 Å². The normalized spacial score (nSPS) is 14.1. The Morgan fingerprint density at radius 3 is 2.57 bits per heavy atom. The summed E-state index contributed by atoms with van der Waals surface area (Å²) in [5.41, 5.74) is 0. The van der Waals surface area contributed by atoms with Crippen molar-refractivity contribution >= 4 is 9.47 Å². The van der Waals surface area contributed by atoms with Crippen molar-refractivity contribution in [2.75, 3.05) is 13.2 Å². The summed E-state index contributed by atoms with van der Waals surface area (Å²) in [6, 6.07) is 0. The van der Waals surface area contributed by atoms with Gasteiger partial charge in [0.1, 0.15) is 0 Å². The van der Waals surface area contributed by atoms with Crippen LogP contribution in [-0.2, 0) is 4.52 Å². The molecule has 1 N–H and O–H groups in total. The molecule has 2 atom stereocenters. The number of aliphatic hydroxyl groups excluding tert-OH is 1. The summed E-state index contributed by atoms with van der Waals surface area (Å²) >= 11 is 0. The molecule has 2 unspecified atom stereocenters. The van der Waals surface area contributed by atoms with Crippen molar-refractivity contribution < 1.29 is 9.63 Å². The fraction of sp³-hybridized carbons (Fsp3) is 1.00. The zero-order chi connectivity index (χ0) is 5.70. The SMILES string of the molecule is CC(CO)COP. The maximum absolute atomic E-state index is 8.38. The average molecular weight is 122 g/mol. The fourth-order valence-corrected chi connectivity index (χ4v) is 0.546. The highest BCUT2D eigenvalue weighted by Gasteiger charge is 1.94. The van der Waals surface area contributed by atoms with Crippen LogP contribution in [0.4, 0.5) is 0 Å². The number of rotatable bonds is 3. The third-order valence-electron chi connectivity index (χ3n) is 0.692. The van der Waals surface area contributed by atoms with Gasteiger partial charge in [-0.25, -0.2) is 0 Å². The third-order valence-corrected chi connectivity index (χ3v) is 0.885. The van der Waals surface area contributed by atoms with E-state index in [-0.39, 0.29) is 12.5 Å². The van der Waals surface area contributed by atoms with Crippen molar-refractivity contribution in [3.05, 3.63) is 0 Å². The summed E-state index contributed by atoms with van der Waals surface area (Å²) in [5.74, 6) is 0.262. The van der Waals surface area contributed by atoms with Crippen LogP contribution in [0.15, 0.2) is 0 Å². The third kappa shape index (κ3) is 4.20. The van der Waals surface area contributed by atoms with Crippen LogP contribution < -0.4 is 0 Å². The molecule has 0 saturated carbocycles. The van der Waals surface area contributed by atoms with Gasteiger partial charge in [-0.05, 0) is 0 Å². The van der Waals surface area contributed by atoms with Gasteiger partial charge in [-0.1, -0.05) is 6.92 Å². The van der Waals surface area contributed by atoms with Gasteiger partial charge in [0, 0.05) is 22.0 Å². The largest absolute Gasteiger partial charge is 0.396 e. The standard InChI is InChI=1S/C4H11O2P/c1-4(2-5)3-6-7/h4-5H,2-3,7H2,1H3. The Bertz CT molecular complexity index is 40.7. The van der Waals surface area contributed by atoms with Crippen molar-refractivity contribution in [2.45, 2.75) is 6.92 Å². The molecule has 0 bridgehead atoms. The number of hydrogen-bond donors (Lipinski definition) is 1. The van der Waals surface area contributed by atoms with E-state index in [4.69, 9.17) is 5.11 Å². The molecule has 0 aromatic rings. The average Bonchev–Trinajstić information content (AvgIpc) is 1.68. The zero-order valence-electron chi connectivity index (χ0n) is 4.42. The molecule has 0 saturated heterocycles. The highest BCUT2D eigenvalue weighted by Crippen LogP contribution is 1.95. The summed E-state index contributed by atoms with van der Waals surface area (Å²) in [4.78, 5) is 0. The second-order valence-corrected chi connectivity index (χ2v) is 1.95. The van der Waals surface area contributed by atoms with E-state index in [9.17, 15) is 0 Å². The molecule has 0 amide bonds. The van der Waals surface area contributed by atoms with Crippen LogP contribution in [0.3, 0.4) is 0 Å². The summed E-state index contributed by atoms with van der Waals surface area (Å²) in [6.45, 7) is 2.74. The maximum Gasteiger partial charge on any atom is 0.0549 e. The molecule has 0 rings (SSSR count). The molecule has 3 heteroatoms. The molecule has 0 radical (unpaired) electrons. The molecule has 0 aliphatic carbocycles. The summed E-state index contributed by atoms with van der Waals surface area (Å²) in [7, 11) is 2.14. The van der Waals surface area contributed by atoms with Gasteiger partial charge in [-0.3, -0.25) is 0 Å². The van der Waals surface area contributed by atoms with Gasteiger partial charge < -0.3 is 9.63 Å². The second-order valence-electron chi connectivity index (χ2n) is 1.62. The predicted octanol–water partition coefficient (Wildman–Crippen LogP) is 0.421. The Morgan fingerprint density at radius 1 is 1.86 bits per heavy atom. The Morgan fingerprint density at radius 2 is 2.43 bits per heavy atom. The van der Waals surface area contributed by atoms with Gasteiger partial charge in [-0.2, -0.15) is 0 Å². The number of hydrogen-bond acceptors (Lipinski definition) is 2. The zero-order valence-corrected chi connectivity index (χ0v) is 5.58. The molecule has 7 heavy (non-hydrogen) atoms. The molecular formula is C4H11O2P. The van der Waals surface area contributed by atoms with Gasteiger partial charge >= 0.3 is 0 Å². The Hall–Kier alpha value is 0.350. The Kier molecular flexibility index (Phi) is 4.73. The van der Waals surface area contributed by atoms with E-state index in [0.29, 0.717) is 6.61 Å². The van der Waals surface area contributed by atoms with E-state index >= 15 is 0 Å². The topological polar surface area (TPSA) is 29.5 Å². The lowest BCUT2D eigenvalue weighted by atomic mass is 10.2. The lowest BCUT2D eigenvalue weighted by Gasteiger charge is -2.02. The molecule has 0 aromatic carbocycles. The quantitative estimate of drug-likeness (QED) is 0.550. The van der Waals surface area contributed by atoms with E-state index in [0.717, 1.165) is 0 Å². The van der Waals surface area contributed by atoms with Crippen LogP contribution in [0.2, 0.25) is 0 Å². The molecule has 0 aromatic heterocycles. The smallest absolute Gasteiger partial charge is 0.0549 e. The first-order valence-corrected chi connectivity index (χ1v) is 2.71. The molecule has 2 nitrogen and oxygen atoms in total. The van der Waals surface area contributed by atoms with Crippen LogP contribution in [0.25, 0.3) is 0 Å². The first-order valence-electron chi connectivity index (χ1n) is 2.23. The minimum atomic E-state index is 0.203. The van der Waals surface area contributed by atoms with Crippen LogP contribution in [-0.4, -0.2) is 18.3 Å². The van der Waals surface area contributed by atoms with Crippen molar-refractivity contribution in [3.63, 3.8) is 0 Å². The van der Waals surface area contributed by atoms with Crippen LogP contribution in [0, 0.1) is 5.92 Å². The predicted molar refractivity (Wildman–Crippen MR) is 31.9 cm³/mol. The van der Waals surface area contributed by atoms with Crippen molar-refractivity contribution in [1.82, 2.24) is 0 Å². The first kappa shape index (κ1) is 7.35. The minimum absolute atomic E-state index is 0.203. The lowest BCUT2D eigenvalue weighted by molar-refractivity contribution is 0.187. The molecular weight excluding hydrogens is 111 g/mol. The van der Waals surface area contributed by atoms with Gasteiger partial charge in [0.25, 0.3) is 0 Å². The molecule has 0 aliphatic heterocycles. The summed E-state index contributed by atoms with van der Waals surface area (Å²) in [5, 5.41) is 8.38. The molecule has 0 heterocycles. The van der Waals surface area contributed by atoms with Crippen LogP contribution in [0.1, 0.15) is 6.92 Å². The molecule has 0 aliphatic rings. The Labute approximate surface area is 46.2 Å². The monoisotopic (exact) mass is 122 g/mol. The molecule has 44 valence electrons. The number of aliphatic hydroxyl groups is 1. The molecule has 0 fully saturated rings. The van der Waals surface area contributed by atoms with Crippen LogP contribution in [0.5, 0.6) is 0 Å². The maximum atomic E-state index is 8.38. The van der Waals surface area contributed by atoms with E-state index in [1.165, 1.54) is 0 Å². The highest BCUT2D eigenvalue weighted by atomic mass is 31.0. The van der Waals surface area contributed by atoms with Gasteiger partial charge in [0.2, 0.25) is 0 Å². The summed E-state index contributed by atoms with van der Waals surface area (Å²) < 4.78 is 4.65. The minimum Gasteiger partial charge on any atom is -0.396 e. The van der Waals surface area contributed by atoms with E-state index in [1.807, 2.05) is 6.92 Å². The second kappa shape index (κ2) is 4.51. The fourth-order valence-electron chi connectivity index (χ4n) is 0.217. The van der Waals surface area contributed by atoms with E-state index < -0.39 is 0 Å². The van der Waals surface area contributed by atoms with E-state index in [2.05, 4.69) is 14.0 Å². The van der Waals surface area contributed by atoms with Gasteiger partial charge in [0.05, 0.1) is 6.61 Å². The van der Waals surface area contributed by atoms with Crippen molar-refractivity contribution in [2.24, 2.45) is 5.92 Å². The Balaban J connectivity index is 2.83. The lowest BCUT2D eigenvalue weighted by Crippen LogP contribution is -2.05. The van der Waals surface area contributed by atoms with Crippen molar-refractivity contribution in [3.8, 4) is 0 Å².